The van der Waals surface area contributed by atoms with Crippen molar-refractivity contribution in [3.63, 3.8) is 0 Å². The quantitative estimate of drug-likeness (QED) is 0.481. The van der Waals surface area contributed by atoms with E-state index in [1.165, 1.54) is 21.7 Å². The zero-order chi connectivity index (χ0) is 18.4. The molecule has 0 spiro atoms. The maximum Gasteiger partial charge on any atom is 0.255 e. The van der Waals surface area contributed by atoms with Crippen molar-refractivity contribution in [3.05, 3.63) is 48.5 Å². The van der Waals surface area contributed by atoms with E-state index in [1.54, 1.807) is 0 Å². The summed E-state index contributed by atoms with van der Waals surface area (Å²) in [5.74, 6) is 0. The smallest absolute Gasteiger partial charge is 0.255 e. The largest absolute Gasteiger partial charge is 0.411 e. The van der Waals surface area contributed by atoms with Gasteiger partial charge < -0.3 is 14.2 Å². The standard InChI is InChI=1S/C20H29BrN2OSi/c1-22(2)17-7-11-19(12-8-17)25(24-5,16-6-15-21)20-13-9-18(10-14-20)23(3)4/h7-14H,6,15-16H2,1-5H3. The summed E-state index contributed by atoms with van der Waals surface area (Å²) in [5.41, 5.74) is 2.43. The molecule has 2 rings (SSSR count). The second-order valence-corrected chi connectivity index (χ2v) is 11.2. The first-order chi connectivity index (χ1) is 11.9. The number of nitrogens with zero attached hydrogens (tertiary/aromatic N) is 2. The maximum absolute atomic E-state index is 6.30. The number of hydrogen-bond donors (Lipinski definition) is 0. The Kier molecular flexibility index (Phi) is 7.11. The third-order valence-electron chi connectivity index (χ3n) is 4.71. The fraction of sp³-hybridized carbons (Fsp3) is 0.400. The molecule has 0 bridgehead atoms. The minimum atomic E-state index is -2.23. The molecule has 0 aliphatic carbocycles. The van der Waals surface area contributed by atoms with Crippen LogP contribution in [0.15, 0.2) is 48.5 Å². The average Bonchev–Trinajstić information content (AvgIpc) is 2.63. The molecular weight excluding hydrogens is 392 g/mol. The Labute approximate surface area is 161 Å². The highest BCUT2D eigenvalue weighted by molar-refractivity contribution is 9.09. The fourth-order valence-corrected chi connectivity index (χ4v) is 7.64. The fourth-order valence-electron chi connectivity index (χ4n) is 3.17. The third-order valence-corrected chi connectivity index (χ3v) is 9.56. The third kappa shape index (κ3) is 4.46. The molecule has 0 aliphatic heterocycles. The molecule has 5 heteroatoms. The first kappa shape index (κ1) is 20.0. The first-order valence-electron chi connectivity index (χ1n) is 8.61. The summed E-state index contributed by atoms with van der Waals surface area (Å²) in [4.78, 5) is 4.26. The zero-order valence-electron chi connectivity index (χ0n) is 15.9. The Morgan fingerprint density at radius 2 is 1.20 bits per heavy atom. The molecule has 2 aromatic rings. The molecule has 3 nitrogen and oxygen atoms in total. The van der Waals surface area contributed by atoms with Gasteiger partial charge in [-0.15, -0.1) is 0 Å². The van der Waals surface area contributed by atoms with E-state index in [1.807, 2.05) is 7.11 Å². The molecule has 2 aromatic carbocycles. The number of anilines is 2. The molecule has 0 heterocycles. The number of rotatable bonds is 8. The number of halogens is 1. The molecule has 0 radical (unpaired) electrons. The highest BCUT2D eigenvalue weighted by Crippen LogP contribution is 2.19. The number of alkyl halides is 1. The van der Waals surface area contributed by atoms with Gasteiger partial charge in [-0.25, -0.2) is 0 Å². The minimum Gasteiger partial charge on any atom is -0.411 e. The van der Waals surface area contributed by atoms with Crippen molar-refractivity contribution in [1.29, 1.82) is 0 Å². The van der Waals surface area contributed by atoms with Crippen LogP contribution >= 0.6 is 15.9 Å². The van der Waals surface area contributed by atoms with E-state index in [-0.39, 0.29) is 0 Å². The van der Waals surface area contributed by atoms with E-state index < -0.39 is 8.32 Å². The summed E-state index contributed by atoms with van der Waals surface area (Å²) in [5, 5.41) is 3.66. The van der Waals surface area contributed by atoms with Gasteiger partial charge in [-0.1, -0.05) is 40.2 Å². The second kappa shape index (κ2) is 8.88. The Balaban J connectivity index is 2.48. The summed E-state index contributed by atoms with van der Waals surface area (Å²) in [7, 11) is 7.93. The zero-order valence-corrected chi connectivity index (χ0v) is 18.5. The van der Waals surface area contributed by atoms with E-state index in [2.05, 4.69) is 102 Å². The Hall–Kier alpha value is -1.30. The summed E-state index contributed by atoms with van der Waals surface area (Å²) in [6.07, 6.45) is 1.10. The van der Waals surface area contributed by atoms with Gasteiger partial charge >= 0.3 is 0 Å². The van der Waals surface area contributed by atoms with Gasteiger partial charge in [-0.2, -0.15) is 0 Å². The lowest BCUT2D eigenvalue weighted by atomic mass is 10.3. The molecule has 0 aromatic heterocycles. The maximum atomic E-state index is 6.30. The molecule has 0 N–H and O–H groups in total. The van der Waals surface area contributed by atoms with Crippen LogP contribution in [0.3, 0.4) is 0 Å². The van der Waals surface area contributed by atoms with Crippen molar-refractivity contribution in [2.45, 2.75) is 12.5 Å². The van der Waals surface area contributed by atoms with Crippen LogP contribution in [0.1, 0.15) is 6.42 Å². The van der Waals surface area contributed by atoms with Crippen LogP contribution in [-0.4, -0.2) is 48.9 Å². The number of benzene rings is 2. The molecule has 0 saturated heterocycles. The molecular formula is C20H29BrN2OSi. The van der Waals surface area contributed by atoms with Crippen LogP contribution in [0.2, 0.25) is 6.04 Å². The lowest BCUT2D eigenvalue weighted by Gasteiger charge is -2.31. The van der Waals surface area contributed by atoms with Gasteiger partial charge in [-0.3, -0.25) is 0 Å². The Morgan fingerprint density at radius 3 is 1.48 bits per heavy atom. The van der Waals surface area contributed by atoms with Crippen LogP contribution in [0.25, 0.3) is 0 Å². The molecule has 0 atom stereocenters. The minimum absolute atomic E-state index is 0.997. The summed E-state index contributed by atoms with van der Waals surface area (Å²) < 4.78 is 6.30. The van der Waals surface area contributed by atoms with Gasteiger partial charge in [0.1, 0.15) is 0 Å². The highest BCUT2D eigenvalue weighted by Gasteiger charge is 2.38. The van der Waals surface area contributed by atoms with Crippen LogP contribution in [0.5, 0.6) is 0 Å². The first-order valence-corrected chi connectivity index (χ1v) is 11.8. The van der Waals surface area contributed by atoms with Crippen LogP contribution in [-0.2, 0) is 4.43 Å². The molecule has 136 valence electrons. The van der Waals surface area contributed by atoms with Crippen LogP contribution in [0.4, 0.5) is 11.4 Å². The molecule has 0 unspecified atom stereocenters. The van der Waals surface area contributed by atoms with Gasteiger partial charge in [0.2, 0.25) is 0 Å². The second-order valence-electron chi connectivity index (χ2n) is 6.71. The lowest BCUT2D eigenvalue weighted by molar-refractivity contribution is 0.414. The van der Waals surface area contributed by atoms with Gasteiger partial charge in [0.05, 0.1) is 0 Å². The van der Waals surface area contributed by atoms with Crippen molar-refractivity contribution in [2.75, 3.05) is 50.4 Å². The summed E-state index contributed by atoms with van der Waals surface area (Å²) >= 11 is 3.59. The van der Waals surface area contributed by atoms with Crippen molar-refractivity contribution < 1.29 is 4.43 Å². The Bertz CT molecular complexity index is 605. The van der Waals surface area contributed by atoms with Gasteiger partial charge in [-0.05, 0) is 47.1 Å². The van der Waals surface area contributed by atoms with E-state index >= 15 is 0 Å². The van der Waals surface area contributed by atoms with Crippen molar-refractivity contribution in [1.82, 2.24) is 0 Å². The van der Waals surface area contributed by atoms with E-state index in [0.29, 0.717) is 0 Å². The van der Waals surface area contributed by atoms with E-state index in [9.17, 15) is 0 Å². The monoisotopic (exact) mass is 420 g/mol. The van der Waals surface area contributed by atoms with Crippen LogP contribution in [0, 0.1) is 0 Å². The van der Waals surface area contributed by atoms with Gasteiger partial charge in [0.25, 0.3) is 8.32 Å². The van der Waals surface area contributed by atoms with E-state index in [0.717, 1.165) is 17.8 Å². The lowest BCUT2D eigenvalue weighted by Crippen LogP contribution is -2.60. The Morgan fingerprint density at radius 1 is 0.800 bits per heavy atom. The van der Waals surface area contributed by atoms with Crippen molar-refractivity contribution in [3.8, 4) is 0 Å². The van der Waals surface area contributed by atoms with Gasteiger partial charge in [0.15, 0.2) is 0 Å². The number of hydrogen-bond acceptors (Lipinski definition) is 3. The average molecular weight is 421 g/mol. The van der Waals surface area contributed by atoms with E-state index in [4.69, 9.17) is 4.43 Å². The molecule has 0 amide bonds. The topological polar surface area (TPSA) is 15.7 Å². The van der Waals surface area contributed by atoms with Gasteiger partial charge in [0, 0.05) is 52.0 Å². The van der Waals surface area contributed by atoms with Crippen molar-refractivity contribution >= 4 is 46.0 Å². The molecule has 0 aliphatic rings. The SMILES string of the molecule is CO[Si](CCCBr)(c1ccc(N(C)C)cc1)c1ccc(N(C)C)cc1. The summed E-state index contributed by atoms with van der Waals surface area (Å²) in [6, 6.07) is 18.8. The molecule has 25 heavy (non-hydrogen) atoms. The molecule has 0 saturated carbocycles. The van der Waals surface area contributed by atoms with Crippen molar-refractivity contribution in [2.24, 2.45) is 0 Å². The summed E-state index contributed by atoms with van der Waals surface area (Å²) in [6.45, 7) is 0. The highest BCUT2D eigenvalue weighted by atomic mass is 79.9. The molecule has 0 fully saturated rings. The predicted molar refractivity (Wildman–Crippen MR) is 117 cm³/mol. The predicted octanol–water partition coefficient (Wildman–Crippen LogP) is 3.31. The normalized spacial score (nSPS) is 11.4. The van der Waals surface area contributed by atoms with Crippen LogP contribution < -0.4 is 20.2 Å².